The van der Waals surface area contributed by atoms with Gasteiger partial charge in [0.1, 0.15) is 0 Å². The molecule has 0 heterocycles. The highest BCUT2D eigenvalue weighted by Crippen LogP contribution is 2.53. The van der Waals surface area contributed by atoms with Crippen molar-refractivity contribution in [1.29, 1.82) is 0 Å². The second-order valence-electron chi connectivity index (χ2n) is 2.68. The standard InChI is InChI=1S/C6H11Br/c1-3-6(2)4-5(6)7/h5H,3-4H2,1-2H3/t5-,6-/m0/s1. The molecule has 0 bridgehead atoms. The molecule has 0 nitrogen and oxygen atoms in total. The molecule has 0 unspecified atom stereocenters. The van der Waals surface area contributed by atoms with Gasteiger partial charge in [0.05, 0.1) is 0 Å². The number of hydrogen-bond donors (Lipinski definition) is 0. The Hall–Kier alpha value is 0.480. The molecule has 1 aliphatic rings. The normalized spacial score (nSPS) is 49.3. The van der Waals surface area contributed by atoms with E-state index in [1.54, 1.807) is 0 Å². The number of hydrogen-bond acceptors (Lipinski definition) is 0. The largest absolute Gasteiger partial charge is 0.0885 e. The lowest BCUT2D eigenvalue weighted by Gasteiger charge is -1.99. The first-order valence-corrected chi connectivity index (χ1v) is 3.75. The van der Waals surface area contributed by atoms with E-state index in [1.807, 2.05) is 0 Å². The second-order valence-corrected chi connectivity index (χ2v) is 3.78. The Labute approximate surface area is 53.4 Å². The summed E-state index contributed by atoms with van der Waals surface area (Å²) in [4.78, 5) is 0.824. The Morgan fingerprint density at radius 3 is 2.29 bits per heavy atom. The molecule has 7 heavy (non-hydrogen) atoms. The maximum Gasteiger partial charge on any atom is 0.0205 e. The smallest absolute Gasteiger partial charge is 0.0205 e. The van der Waals surface area contributed by atoms with Crippen molar-refractivity contribution in [3.05, 3.63) is 0 Å². The summed E-state index contributed by atoms with van der Waals surface area (Å²) in [6.45, 7) is 4.58. The predicted octanol–water partition coefficient (Wildman–Crippen LogP) is 2.57. The van der Waals surface area contributed by atoms with Crippen LogP contribution in [0.1, 0.15) is 26.7 Å². The highest BCUT2D eigenvalue weighted by molar-refractivity contribution is 9.09. The molecule has 0 aromatic carbocycles. The fourth-order valence-electron chi connectivity index (χ4n) is 0.716. The molecule has 1 aliphatic carbocycles. The first-order chi connectivity index (χ1) is 3.19. The summed E-state index contributed by atoms with van der Waals surface area (Å²) in [6, 6.07) is 0. The molecule has 0 saturated heterocycles. The van der Waals surface area contributed by atoms with Crippen molar-refractivity contribution in [3.8, 4) is 0 Å². The van der Waals surface area contributed by atoms with Crippen LogP contribution in [-0.2, 0) is 0 Å². The molecule has 42 valence electrons. The summed E-state index contributed by atoms with van der Waals surface area (Å²) in [5, 5.41) is 0. The van der Waals surface area contributed by atoms with Gasteiger partial charge in [-0.3, -0.25) is 0 Å². The van der Waals surface area contributed by atoms with Crippen LogP contribution in [0.2, 0.25) is 0 Å². The van der Waals surface area contributed by atoms with Crippen molar-refractivity contribution < 1.29 is 0 Å². The highest BCUT2D eigenvalue weighted by Gasteiger charge is 2.46. The maximum absolute atomic E-state index is 3.56. The Kier molecular flexibility index (Phi) is 1.18. The fourth-order valence-corrected chi connectivity index (χ4v) is 1.78. The van der Waals surface area contributed by atoms with Crippen molar-refractivity contribution in [1.82, 2.24) is 0 Å². The third-order valence-electron chi connectivity index (χ3n) is 2.05. The molecule has 1 heteroatoms. The van der Waals surface area contributed by atoms with Gasteiger partial charge < -0.3 is 0 Å². The molecule has 0 spiro atoms. The van der Waals surface area contributed by atoms with Gasteiger partial charge in [0.25, 0.3) is 0 Å². The zero-order valence-corrected chi connectivity index (χ0v) is 6.46. The van der Waals surface area contributed by atoms with E-state index in [1.165, 1.54) is 12.8 Å². The van der Waals surface area contributed by atoms with Gasteiger partial charge in [-0.15, -0.1) is 0 Å². The Bertz CT molecular complexity index is 76.2. The van der Waals surface area contributed by atoms with E-state index in [0.717, 1.165) is 4.83 Å². The van der Waals surface area contributed by atoms with Gasteiger partial charge in [-0.05, 0) is 18.3 Å². The van der Waals surface area contributed by atoms with Crippen molar-refractivity contribution in [2.24, 2.45) is 5.41 Å². The van der Waals surface area contributed by atoms with E-state index in [2.05, 4.69) is 29.8 Å². The topological polar surface area (TPSA) is 0 Å². The lowest BCUT2D eigenvalue weighted by atomic mass is 10.1. The molecule has 1 rings (SSSR count). The first kappa shape index (κ1) is 5.61. The summed E-state index contributed by atoms with van der Waals surface area (Å²) in [7, 11) is 0. The second kappa shape index (κ2) is 1.48. The lowest BCUT2D eigenvalue weighted by Crippen LogP contribution is -1.91. The molecule has 0 N–H and O–H groups in total. The number of alkyl halides is 1. The number of rotatable bonds is 1. The van der Waals surface area contributed by atoms with E-state index in [0.29, 0.717) is 5.41 Å². The van der Waals surface area contributed by atoms with E-state index in [4.69, 9.17) is 0 Å². The summed E-state index contributed by atoms with van der Waals surface area (Å²) >= 11 is 3.56. The average Bonchev–Trinajstić information content (AvgIpc) is 2.18. The van der Waals surface area contributed by atoms with Crippen LogP contribution in [0.15, 0.2) is 0 Å². The molecule has 1 fully saturated rings. The van der Waals surface area contributed by atoms with E-state index in [-0.39, 0.29) is 0 Å². The first-order valence-electron chi connectivity index (χ1n) is 2.83. The fraction of sp³-hybridized carbons (Fsp3) is 1.00. The minimum absolute atomic E-state index is 0.667. The van der Waals surface area contributed by atoms with Gasteiger partial charge in [0.15, 0.2) is 0 Å². The molecule has 2 atom stereocenters. The van der Waals surface area contributed by atoms with E-state index >= 15 is 0 Å². The maximum atomic E-state index is 3.56. The lowest BCUT2D eigenvalue weighted by molar-refractivity contribution is 0.556. The van der Waals surface area contributed by atoms with Gasteiger partial charge in [0.2, 0.25) is 0 Å². The molecule has 0 amide bonds. The molecule has 0 aromatic rings. The van der Waals surface area contributed by atoms with Crippen LogP contribution in [-0.4, -0.2) is 4.83 Å². The third-order valence-corrected chi connectivity index (χ3v) is 3.48. The van der Waals surface area contributed by atoms with E-state index < -0.39 is 0 Å². The van der Waals surface area contributed by atoms with Crippen molar-refractivity contribution in [3.63, 3.8) is 0 Å². The van der Waals surface area contributed by atoms with Crippen LogP contribution in [0.25, 0.3) is 0 Å². The van der Waals surface area contributed by atoms with Crippen LogP contribution < -0.4 is 0 Å². The SMILES string of the molecule is CC[C@@]1(C)C[C@@H]1Br. The molecular weight excluding hydrogens is 152 g/mol. The molecular formula is C6H11Br. The predicted molar refractivity (Wildman–Crippen MR) is 35.7 cm³/mol. The summed E-state index contributed by atoms with van der Waals surface area (Å²) in [5.74, 6) is 0. The minimum atomic E-state index is 0.667. The summed E-state index contributed by atoms with van der Waals surface area (Å²) < 4.78 is 0. The zero-order chi connectivity index (χ0) is 5.49. The van der Waals surface area contributed by atoms with Gasteiger partial charge in [-0.2, -0.15) is 0 Å². The van der Waals surface area contributed by atoms with Crippen molar-refractivity contribution in [2.45, 2.75) is 31.5 Å². The molecule has 0 radical (unpaired) electrons. The molecule has 0 aromatic heterocycles. The Balaban J connectivity index is 2.36. The van der Waals surface area contributed by atoms with E-state index in [9.17, 15) is 0 Å². The monoisotopic (exact) mass is 162 g/mol. The van der Waals surface area contributed by atoms with Gasteiger partial charge in [0, 0.05) is 4.83 Å². The van der Waals surface area contributed by atoms with Crippen molar-refractivity contribution in [2.75, 3.05) is 0 Å². The Morgan fingerprint density at radius 1 is 1.86 bits per heavy atom. The van der Waals surface area contributed by atoms with Gasteiger partial charge >= 0.3 is 0 Å². The van der Waals surface area contributed by atoms with Crippen LogP contribution in [0.4, 0.5) is 0 Å². The number of halogens is 1. The third kappa shape index (κ3) is 0.835. The quantitative estimate of drug-likeness (QED) is 0.521. The summed E-state index contributed by atoms with van der Waals surface area (Å²) in [5.41, 5.74) is 0.667. The molecule has 1 saturated carbocycles. The van der Waals surface area contributed by atoms with Gasteiger partial charge in [-0.25, -0.2) is 0 Å². The van der Waals surface area contributed by atoms with Crippen LogP contribution in [0.3, 0.4) is 0 Å². The zero-order valence-electron chi connectivity index (χ0n) is 4.87. The van der Waals surface area contributed by atoms with Crippen LogP contribution in [0, 0.1) is 5.41 Å². The highest BCUT2D eigenvalue weighted by atomic mass is 79.9. The average molecular weight is 163 g/mol. The Morgan fingerprint density at radius 2 is 2.29 bits per heavy atom. The minimum Gasteiger partial charge on any atom is -0.0885 e. The van der Waals surface area contributed by atoms with Crippen molar-refractivity contribution >= 4 is 15.9 Å². The summed E-state index contributed by atoms with van der Waals surface area (Å²) in [6.07, 6.45) is 2.70. The molecule has 0 aliphatic heterocycles. The van der Waals surface area contributed by atoms with Gasteiger partial charge in [-0.1, -0.05) is 29.8 Å². The van der Waals surface area contributed by atoms with Crippen LogP contribution in [0.5, 0.6) is 0 Å². The van der Waals surface area contributed by atoms with Crippen LogP contribution >= 0.6 is 15.9 Å².